The van der Waals surface area contributed by atoms with Gasteiger partial charge in [-0.25, -0.2) is 9.37 Å². The standard InChI is InChI=1S/C10H13ClFN3O/c11-10-13-5-8(12)9(15-10)14-6-2-1-3-7(16)4-6/h5-7,16H,1-4H2,(H,13,14,15)/t6-,7+/m0/s1. The highest BCUT2D eigenvalue weighted by Crippen LogP contribution is 2.22. The van der Waals surface area contributed by atoms with E-state index in [1.807, 2.05) is 0 Å². The summed E-state index contributed by atoms with van der Waals surface area (Å²) in [7, 11) is 0. The zero-order chi connectivity index (χ0) is 11.5. The molecule has 1 aromatic heterocycles. The molecule has 1 heterocycles. The largest absolute Gasteiger partial charge is 0.393 e. The van der Waals surface area contributed by atoms with Crippen molar-refractivity contribution in [1.29, 1.82) is 0 Å². The van der Waals surface area contributed by atoms with E-state index >= 15 is 0 Å². The number of rotatable bonds is 2. The van der Waals surface area contributed by atoms with Crippen molar-refractivity contribution < 1.29 is 9.50 Å². The molecule has 0 aromatic carbocycles. The number of halogens is 2. The zero-order valence-corrected chi connectivity index (χ0v) is 9.41. The van der Waals surface area contributed by atoms with Crippen molar-refractivity contribution in [1.82, 2.24) is 9.97 Å². The Labute approximate surface area is 97.9 Å². The van der Waals surface area contributed by atoms with Crippen LogP contribution in [0.2, 0.25) is 5.28 Å². The minimum atomic E-state index is -0.524. The Kier molecular flexibility index (Phi) is 3.56. The topological polar surface area (TPSA) is 58.0 Å². The fourth-order valence-corrected chi connectivity index (χ4v) is 2.07. The van der Waals surface area contributed by atoms with Crippen LogP contribution in [-0.4, -0.2) is 27.2 Å². The highest BCUT2D eigenvalue weighted by Gasteiger charge is 2.21. The molecule has 6 heteroatoms. The molecule has 1 aromatic rings. The number of aliphatic hydroxyl groups is 1. The van der Waals surface area contributed by atoms with Crippen LogP contribution < -0.4 is 5.32 Å². The van der Waals surface area contributed by atoms with Gasteiger partial charge in [0.05, 0.1) is 12.3 Å². The van der Waals surface area contributed by atoms with Crippen molar-refractivity contribution in [3.63, 3.8) is 0 Å². The summed E-state index contributed by atoms with van der Waals surface area (Å²) >= 11 is 5.58. The van der Waals surface area contributed by atoms with E-state index in [2.05, 4.69) is 15.3 Å². The maximum atomic E-state index is 13.3. The van der Waals surface area contributed by atoms with Gasteiger partial charge in [-0.2, -0.15) is 4.98 Å². The van der Waals surface area contributed by atoms with Gasteiger partial charge < -0.3 is 10.4 Å². The quantitative estimate of drug-likeness (QED) is 0.783. The Bertz CT molecular complexity index is 377. The molecule has 0 radical (unpaired) electrons. The first-order chi connectivity index (χ1) is 7.65. The molecule has 1 aliphatic rings. The lowest BCUT2D eigenvalue weighted by Gasteiger charge is -2.27. The molecule has 0 bridgehead atoms. The predicted octanol–water partition coefficient (Wildman–Crippen LogP) is 1.98. The third-order valence-corrected chi connectivity index (χ3v) is 2.88. The van der Waals surface area contributed by atoms with Crippen molar-refractivity contribution >= 4 is 17.4 Å². The molecule has 0 saturated heterocycles. The Morgan fingerprint density at radius 2 is 2.31 bits per heavy atom. The van der Waals surface area contributed by atoms with E-state index in [9.17, 15) is 9.50 Å². The minimum Gasteiger partial charge on any atom is -0.393 e. The Morgan fingerprint density at radius 1 is 1.50 bits per heavy atom. The van der Waals surface area contributed by atoms with Gasteiger partial charge >= 0.3 is 0 Å². The summed E-state index contributed by atoms with van der Waals surface area (Å²) in [5, 5.41) is 12.5. The molecule has 0 amide bonds. The van der Waals surface area contributed by atoms with Crippen molar-refractivity contribution in [2.45, 2.75) is 37.8 Å². The predicted molar refractivity (Wildman–Crippen MR) is 58.9 cm³/mol. The maximum absolute atomic E-state index is 13.3. The summed E-state index contributed by atoms with van der Waals surface area (Å²) in [5.74, 6) is -0.413. The van der Waals surface area contributed by atoms with E-state index in [0.29, 0.717) is 6.42 Å². The van der Waals surface area contributed by atoms with Crippen molar-refractivity contribution in [3.05, 3.63) is 17.3 Å². The van der Waals surface area contributed by atoms with Gasteiger partial charge in [0, 0.05) is 6.04 Å². The molecule has 1 fully saturated rings. The van der Waals surface area contributed by atoms with Gasteiger partial charge in [0.2, 0.25) is 5.28 Å². The highest BCUT2D eigenvalue weighted by atomic mass is 35.5. The van der Waals surface area contributed by atoms with Crippen molar-refractivity contribution in [2.75, 3.05) is 5.32 Å². The number of aromatic nitrogens is 2. The van der Waals surface area contributed by atoms with Crippen LogP contribution >= 0.6 is 11.6 Å². The fourth-order valence-electron chi connectivity index (χ4n) is 1.94. The van der Waals surface area contributed by atoms with E-state index in [0.717, 1.165) is 25.5 Å². The fraction of sp³-hybridized carbons (Fsp3) is 0.600. The number of hydrogen-bond donors (Lipinski definition) is 2. The first-order valence-electron chi connectivity index (χ1n) is 5.28. The number of nitrogens with zero attached hydrogens (tertiary/aromatic N) is 2. The molecule has 1 aliphatic carbocycles. The van der Waals surface area contributed by atoms with Gasteiger partial charge in [0.25, 0.3) is 0 Å². The lowest BCUT2D eigenvalue weighted by atomic mass is 9.93. The monoisotopic (exact) mass is 245 g/mol. The summed E-state index contributed by atoms with van der Waals surface area (Å²) < 4.78 is 13.3. The second kappa shape index (κ2) is 4.93. The molecule has 2 N–H and O–H groups in total. The molecule has 1 saturated carbocycles. The first kappa shape index (κ1) is 11.5. The summed E-state index contributed by atoms with van der Waals surface area (Å²) in [6.45, 7) is 0. The Balaban J connectivity index is 2.05. The third-order valence-electron chi connectivity index (χ3n) is 2.70. The van der Waals surface area contributed by atoms with E-state index < -0.39 is 5.82 Å². The van der Waals surface area contributed by atoms with Gasteiger partial charge in [-0.1, -0.05) is 0 Å². The van der Waals surface area contributed by atoms with E-state index in [-0.39, 0.29) is 23.2 Å². The number of anilines is 1. The van der Waals surface area contributed by atoms with E-state index in [1.54, 1.807) is 0 Å². The molecular formula is C10H13ClFN3O. The molecule has 16 heavy (non-hydrogen) atoms. The van der Waals surface area contributed by atoms with E-state index in [4.69, 9.17) is 11.6 Å². The summed E-state index contributed by atoms with van der Waals surface area (Å²) in [4.78, 5) is 7.32. The SMILES string of the molecule is O[C@@H]1CCC[C@H](Nc2nc(Cl)ncc2F)C1. The van der Waals surface area contributed by atoms with Crippen LogP contribution in [0.4, 0.5) is 10.2 Å². The molecule has 0 spiro atoms. The smallest absolute Gasteiger partial charge is 0.224 e. The molecule has 0 aliphatic heterocycles. The molecule has 4 nitrogen and oxygen atoms in total. The highest BCUT2D eigenvalue weighted by molar-refractivity contribution is 6.28. The molecule has 0 unspecified atom stereocenters. The van der Waals surface area contributed by atoms with E-state index in [1.165, 1.54) is 0 Å². The van der Waals surface area contributed by atoms with Crippen LogP contribution in [0, 0.1) is 5.82 Å². The van der Waals surface area contributed by atoms with Gasteiger partial charge in [-0.15, -0.1) is 0 Å². The van der Waals surface area contributed by atoms with Crippen LogP contribution in [-0.2, 0) is 0 Å². The maximum Gasteiger partial charge on any atom is 0.224 e. The normalized spacial score (nSPS) is 25.4. The minimum absolute atomic E-state index is 0.0141. The number of hydrogen-bond acceptors (Lipinski definition) is 4. The Morgan fingerprint density at radius 3 is 3.06 bits per heavy atom. The average molecular weight is 246 g/mol. The van der Waals surface area contributed by atoms with Gasteiger partial charge in [-0.3, -0.25) is 0 Å². The molecule has 2 atom stereocenters. The van der Waals surface area contributed by atoms with Crippen LogP contribution in [0.5, 0.6) is 0 Å². The molecular weight excluding hydrogens is 233 g/mol. The first-order valence-corrected chi connectivity index (χ1v) is 5.65. The molecule has 88 valence electrons. The lowest BCUT2D eigenvalue weighted by Crippen LogP contribution is -2.30. The van der Waals surface area contributed by atoms with Gasteiger partial charge in [0.1, 0.15) is 0 Å². The van der Waals surface area contributed by atoms with Crippen LogP contribution in [0.25, 0.3) is 0 Å². The second-order valence-corrected chi connectivity index (χ2v) is 4.34. The summed E-state index contributed by atoms with van der Waals surface area (Å²) in [5.41, 5.74) is 0. The van der Waals surface area contributed by atoms with Crippen LogP contribution in [0.15, 0.2) is 6.20 Å². The third kappa shape index (κ3) is 2.80. The Hall–Kier alpha value is -0.940. The average Bonchev–Trinajstić information content (AvgIpc) is 2.24. The van der Waals surface area contributed by atoms with Crippen LogP contribution in [0.1, 0.15) is 25.7 Å². The summed E-state index contributed by atoms with van der Waals surface area (Å²) in [6.07, 6.45) is 3.98. The molecule has 2 rings (SSSR count). The summed E-state index contributed by atoms with van der Waals surface area (Å²) in [6, 6.07) is 0.0456. The zero-order valence-electron chi connectivity index (χ0n) is 8.66. The van der Waals surface area contributed by atoms with Crippen molar-refractivity contribution in [3.8, 4) is 0 Å². The second-order valence-electron chi connectivity index (χ2n) is 4.00. The lowest BCUT2D eigenvalue weighted by molar-refractivity contribution is 0.124. The van der Waals surface area contributed by atoms with Gasteiger partial charge in [0.15, 0.2) is 11.6 Å². The number of aliphatic hydroxyl groups excluding tert-OH is 1. The van der Waals surface area contributed by atoms with Crippen molar-refractivity contribution in [2.24, 2.45) is 0 Å². The van der Waals surface area contributed by atoms with Crippen LogP contribution in [0.3, 0.4) is 0 Å². The number of nitrogens with one attached hydrogen (secondary N) is 1. The van der Waals surface area contributed by atoms with Gasteiger partial charge in [-0.05, 0) is 37.3 Å².